The molecule has 1 aromatic rings. The van der Waals surface area contributed by atoms with E-state index < -0.39 is 6.04 Å². The Kier molecular flexibility index (Phi) is 2.16. The summed E-state index contributed by atoms with van der Waals surface area (Å²) in [6.07, 6.45) is 0. The Labute approximate surface area is 86.1 Å². The number of carbonyl (C=O) groups is 1. The summed E-state index contributed by atoms with van der Waals surface area (Å²) in [7, 11) is 1.73. The summed E-state index contributed by atoms with van der Waals surface area (Å²) in [6, 6.07) is -0.473. The molecular weight excluding hydrogens is 200 g/mol. The summed E-state index contributed by atoms with van der Waals surface area (Å²) in [4.78, 5) is 13.3. The van der Waals surface area contributed by atoms with E-state index in [1.54, 1.807) is 11.9 Å². The van der Waals surface area contributed by atoms with Gasteiger partial charge < -0.3 is 16.0 Å². The van der Waals surface area contributed by atoms with Crippen LogP contribution in [-0.4, -0.2) is 29.9 Å². The van der Waals surface area contributed by atoms with Crippen LogP contribution in [0.2, 0.25) is 0 Å². The maximum absolute atomic E-state index is 11.7. The molecule has 0 unspecified atom stereocenters. The van der Waals surface area contributed by atoms with E-state index in [4.69, 9.17) is 5.73 Å². The van der Waals surface area contributed by atoms with Crippen molar-refractivity contribution in [3.63, 3.8) is 0 Å². The van der Waals surface area contributed by atoms with Gasteiger partial charge >= 0.3 is 0 Å². The average Bonchev–Trinajstić information content (AvgIpc) is 2.49. The molecule has 1 amide bonds. The van der Waals surface area contributed by atoms with Crippen molar-refractivity contribution in [1.29, 1.82) is 0 Å². The van der Waals surface area contributed by atoms with E-state index in [0.29, 0.717) is 6.54 Å². The van der Waals surface area contributed by atoms with Gasteiger partial charge in [-0.3, -0.25) is 4.79 Å². The summed E-state index contributed by atoms with van der Waals surface area (Å²) < 4.78 is 4.19. The van der Waals surface area contributed by atoms with Gasteiger partial charge in [-0.15, -0.1) is 0 Å². The van der Waals surface area contributed by atoms with E-state index in [9.17, 15) is 4.79 Å². The highest BCUT2D eigenvalue weighted by Gasteiger charge is 2.27. The molecule has 0 bridgehead atoms. The molecule has 0 fully saturated rings. The van der Waals surface area contributed by atoms with Crippen LogP contribution in [0.25, 0.3) is 0 Å². The summed E-state index contributed by atoms with van der Waals surface area (Å²) in [5.41, 5.74) is 7.41. The number of carbonyl (C=O) groups excluding carboxylic acids is 1. The number of amides is 1. The van der Waals surface area contributed by atoms with Crippen molar-refractivity contribution in [3.05, 3.63) is 5.69 Å². The van der Waals surface area contributed by atoms with Gasteiger partial charge in [0.1, 0.15) is 16.7 Å². The van der Waals surface area contributed by atoms with E-state index in [1.165, 1.54) is 11.5 Å². The number of nitrogens with zero attached hydrogens (tertiary/aromatic N) is 2. The SMILES string of the molecule is Cc1nsc2c1N(C)C(=O)[C@@H](N)CN2. The lowest BCUT2D eigenvalue weighted by molar-refractivity contribution is -0.119. The first-order chi connectivity index (χ1) is 6.61. The smallest absolute Gasteiger partial charge is 0.245 e. The Bertz CT molecular complexity index is 375. The molecule has 14 heavy (non-hydrogen) atoms. The van der Waals surface area contributed by atoms with Crippen LogP contribution in [0.1, 0.15) is 5.69 Å². The van der Waals surface area contributed by atoms with Gasteiger partial charge in [-0.05, 0) is 18.5 Å². The molecule has 1 aliphatic heterocycles. The summed E-state index contributed by atoms with van der Waals surface area (Å²) in [5.74, 6) is -0.0699. The summed E-state index contributed by atoms with van der Waals surface area (Å²) >= 11 is 1.36. The van der Waals surface area contributed by atoms with Crippen molar-refractivity contribution < 1.29 is 4.79 Å². The van der Waals surface area contributed by atoms with E-state index in [-0.39, 0.29) is 5.91 Å². The van der Waals surface area contributed by atoms with Crippen molar-refractivity contribution in [3.8, 4) is 0 Å². The zero-order valence-electron chi connectivity index (χ0n) is 8.07. The second-order valence-electron chi connectivity index (χ2n) is 3.33. The normalized spacial score (nSPS) is 21.5. The molecule has 0 radical (unpaired) electrons. The zero-order valence-corrected chi connectivity index (χ0v) is 8.89. The zero-order chi connectivity index (χ0) is 10.3. The number of nitrogens with one attached hydrogen (secondary N) is 1. The molecule has 0 saturated heterocycles. The van der Waals surface area contributed by atoms with Crippen molar-refractivity contribution in [1.82, 2.24) is 4.37 Å². The molecule has 0 aliphatic carbocycles. The first-order valence-corrected chi connectivity index (χ1v) is 5.12. The Hall–Kier alpha value is -1.14. The molecule has 76 valence electrons. The Morgan fingerprint density at radius 3 is 3.14 bits per heavy atom. The van der Waals surface area contributed by atoms with Gasteiger partial charge in [-0.1, -0.05) is 0 Å². The number of rotatable bonds is 0. The van der Waals surface area contributed by atoms with Gasteiger partial charge in [0.2, 0.25) is 5.91 Å². The lowest BCUT2D eigenvalue weighted by Crippen LogP contribution is -2.43. The number of anilines is 2. The summed E-state index contributed by atoms with van der Waals surface area (Å²) in [6.45, 7) is 2.36. The molecule has 0 spiro atoms. The first kappa shape index (κ1) is 9.42. The molecule has 3 N–H and O–H groups in total. The highest BCUT2D eigenvalue weighted by atomic mass is 32.1. The fraction of sp³-hybridized carbons (Fsp3) is 0.500. The topological polar surface area (TPSA) is 71.2 Å². The highest BCUT2D eigenvalue weighted by Crippen LogP contribution is 2.34. The largest absolute Gasteiger partial charge is 0.372 e. The second-order valence-corrected chi connectivity index (χ2v) is 4.10. The van der Waals surface area contributed by atoms with Crippen LogP contribution in [0, 0.1) is 6.92 Å². The van der Waals surface area contributed by atoms with E-state index in [1.807, 2.05) is 6.92 Å². The van der Waals surface area contributed by atoms with Gasteiger partial charge in [-0.2, -0.15) is 4.37 Å². The third-order valence-corrected chi connectivity index (χ3v) is 3.18. The van der Waals surface area contributed by atoms with Crippen molar-refractivity contribution in [2.45, 2.75) is 13.0 Å². The van der Waals surface area contributed by atoms with E-state index >= 15 is 0 Å². The van der Waals surface area contributed by atoms with Crippen molar-refractivity contribution >= 4 is 28.1 Å². The van der Waals surface area contributed by atoms with E-state index in [0.717, 1.165) is 16.4 Å². The lowest BCUT2D eigenvalue weighted by Gasteiger charge is -2.16. The van der Waals surface area contributed by atoms with Crippen LogP contribution in [0.5, 0.6) is 0 Å². The van der Waals surface area contributed by atoms with Crippen LogP contribution in [0.3, 0.4) is 0 Å². The van der Waals surface area contributed by atoms with Crippen LogP contribution < -0.4 is 16.0 Å². The highest BCUT2D eigenvalue weighted by molar-refractivity contribution is 7.11. The monoisotopic (exact) mass is 212 g/mol. The number of likely N-dealkylation sites (N-methyl/N-ethyl adjacent to an activating group) is 1. The average molecular weight is 212 g/mol. The van der Waals surface area contributed by atoms with Crippen molar-refractivity contribution in [2.75, 3.05) is 23.8 Å². The number of hydrogen-bond donors (Lipinski definition) is 2. The molecular formula is C8H12N4OS. The number of fused-ring (bicyclic) bond motifs is 1. The van der Waals surface area contributed by atoms with Crippen molar-refractivity contribution in [2.24, 2.45) is 5.73 Å². The molecule has 2 heterocycles. The lowest BCUT2D eigenvalue weighted by atomic mass is 10.3. The minimum absolute atomic E-state index is 0.0699. The van der Waals surface area contributed by atoms with Gasteiger partial charge in [0.05, 0.1) is 5.69 Å². The molecule has 6 heteroatoms. The maximum atomic E-state index is 11.7. The van der Waals surface area contributed by atoms with Crippen LogP contribution in [0.4, 0.5) is 10.7 Å². The fourth-order valence-electron chi connectivity index (χ4n) is 1.52. The number of aryl methyl sites for hydroxylation is 1. The Balaban J connectivity index is 2.47. The number of nitrogens with two attached hydrogens (primary N) is 1. The maximum Gasteiger partial charge on any atom is 0.245 e. The minimum atomic E-state index is -0.473. The standard InChI is InChI=1S/C8H12N4OS/c1-4-6-7(14-11-4)10-3-5(9)8(13)12(6)2/h5,10H,3,9H2,1-2H3/t5-/m0/s1. The molecule has 1 aliphatic rings. The minimum Gasteiger partial charge on any atom is -0.372 e. The Morgan fingerprint density at radius 1 is 1.71 bits per heavy atom. The van der Waals surface area contributed by atoms with Crippen LogP contribution >= 0.6 is 11.5 Å². The third kappa shape index (κ3) is 1.27. The molecule has 5 nitrogen and oxygen atoms in total. The van der Waals surface area contributed by atoms with Crippen LogP contribution in [-0.2, 0) is 4.79 Å². The quantitative estimate of drug-likeness (QED) is 0.643. The third-order valence-electron chi connectivity index (χ3n) is 2.30. The molecule has 1 atom stereocenters. The Morgan fingerprint density at radius 2 is 2.43 bits per heavy atom. The second kappa shape index (κ2) is 3.21. The van der Waals surface area contributed by atoms with Gasteiger partial charge in [0.15, 0.2) is 0 Å². The number of aromatic nitrogens is 1. The molecule has 0 aromatic carbocycles. The van der Waals surface area contributed by atoms with Gasteiger partial charge in [-0.25, -0.2) is 0 Å². The molecule has 1 aromatic heterocycles. The predicted molar refractivity (Wildman–Crippen MR) is 56.7 cm³/mol. The van der Waals surface area contributed by atoms with Gasteiger partial charge in [0.25, 0.3) is 0 Å². The first-order valence-electron chi connectivity index (χ1n) is 4.34. The fourth-order valence-corrected chi connectivity index (χ4v) is 2.36. The van der Waals surface area contributed by atoms with Crippen LogP contribution in [0.15, 0.2) is 0 Å². The predicted octanol–water partition coefficient (Wildman–Crippen LogP) is 0.167. The molecule has 2 rings (SSSR count). The molecule has 0 saturated carbocycles. The summed E-state index contributed by atoms with van der Waals surface area (Å²) in [5, 5.41) is 4.05. The van der Waals surface area contributed by atoms with E-state index in [2.05, 4.69) is 9.69 Å². The van der Waals surface area contributed by atoms with Gasteiger partial charge in [0, 0.05) is 13.6 Å². The number of hydrogen-bond acceptors (Lipinski definition) is 5.